The highest BCUT2D eigenvalue weighted by Gasteiger charge is 2.36. The highest BCUT2D eigenvalue weighted by molar-refractivity contribution is 4.92. The summed E-state index contributed by atoms with van der Waals surface area (Å²) in [5.74, 6) is 5.73. The Balaban J connectivity index is 0.000000151. The molecule has 2 N–H and O–H groups in total. The van der Waals surface area contributed by atoms with Crippen LogP contribution in [-0.2, 0) is 0 Å². The summed E-state index contributed by atoms with van der Waals surface area (Å²) in [6.07, 6.45) is 14.7. The van der Waals surface area contributed by atoms with Crippen LogP contribution in [0.4, 0.5) is 0 Å². The first kappa shape index (κ1) is 20.6. The maximum Gasteiger partial charge on any atom is 0.0126 e. The standard InChI is InChI=1S/2C12H23N/c1-9(2)11-5-3-4-10-6-7-13-12(10)8-11;1-9(2)11-6-4-3-5-10-7-8-13-12(10)11/h2*9-13H,3-8H2,1-2H3. The lowest BCUT2D eigenvalue weighted by Crippen LogP contribution is -2.36. The van der Waals surface area contributed by atoms with Crippen molar-refractivity contribution in [2.75, 3.05) is 13.1 Å². The molecule has 2 saturated carbocycles. The molecule has 2 saturated heterocycles. The van der Waals surface area contributed by atoms with E-state index in [1.807, 2.05) is 0 Å². The van der Waals surface area contributed by atoms with Gasteiger partial charge < -0.3 is 10.6 Å². The highest BCUT2D eigenvalue weighted by Crippen LogP contribution is 2.37. The summed E-state index contributed by atoms with van der Waals surface area (Å²) < 4.78 is 0. The van der Waals surface area contributed by atoms with Gasteiger partial charge >= 0.3 is 0 Å². The lowest BCUT2D eigenvalue weighted by Gasteiger charge is -2.29. The van der Waals surface area contributed by atoms with Crippen LogP contribution in [0.5, 0.6) is 0 Å². The molecule has 4 aliphatic rings. The number of fused-ring (bicyclic) bond motifs is 2. The molecule has 0 aromatic carbocycles. The van der Waals surface area contributed by atoms with E-state index in [1.54, 1.807) is 0 Å². The molecule has 0 bridgehead atoms. The molecule has 4 fully saturated rings. The molecule has 152 valence electrons. The van der Waals surface area contributed by atoms with Crippen LogP contribution in [0.3, 0.4) is 0 Å². The summed E-state index contributed by atoms with van der Waals surface area (Å²) in [6, 6.07) is 1.73. The second-order valence-corrected chi connectivity index (χ2v) is 10.5. The van der Waals surface area contributed by atoms with Crippen molar-refractivity contribution >= 4 is 0 Å². The van der Waals surface area contributed by atoms with Crippen molar-refractivity contribution in [3.05, 3.63) is 0 Å². The first-order valence-electron chi connectivity index (χ1n) is 12.0. The van der Waals surface area contributed by atoms with Gasteiger partial charge in [0.25, 0.3) is 0 Å². The van der Waals surface area contributed by atoms with Crippen molar-refractivity contribution in [2.45, 2.75) is 104 Å². The van der Waals surface area contributed by atoms with E-state index in [0.29, 0.717) is 0 Å². The molecule has 0 amide bonds. The topological polar surface area (TPSA) is 24.1 Å². The normalized spacial score (nSPS) is 40.4. The fourth-order valence-electron chi connectivity index (χ4n) is 6.46. The minimum atomic E-state index is 0.863. The van der Waals surface area contributed by atoms with Gasteiger partial charge in [-0.3, -0.25) is 0 Å². The molecule has 2 aliphatic heterocycles. The number of nitrogens with one attached hydrogen (secondary N) is 2. The minimum absolute atomic E-state index is 0.863. The van der Waals surface area contributed by atoms with Gasteiger partial charge in [0.05, 0.1) is 0 Å². The Hall–Kier alpha value is -0.0800. The van der Waals surface area contributed by atoms with Crippen LogP contribution in [0.15, 0.2) is 0 Å². The van der Waals surface area contributed by atoms with Gasteiger partial charge in [0.2, 0.25) is 0 Å². The third kappa shape index (κ3) is 5.25. The minimum Gasteiger partial charge on any atom is -0.314 e. The third-order valence-corrected chi connectivity index (χ3v) is 8.22. The van der Waals surface area contributed by atoms with E-state index in [-0.39, 0.29) is 0 Å². The molecule has 0 spiro atoms. The Kier molecular flexibility index (Phi) is 7.88. The van der Waals surface area contributed by atoms with E-state index in [9.17, 15) is 0 Å². The van der Waals surface area contributed by atoms with Crippen molar-refractivity contribution in [1.82, 2.24) is 10.6 Å². The average molecular weight is 363 g/mol. The van der Waals surface area contributed by atoms with Gasteiger partial charge in [0.1, 0.15) is 0 Å². The molecule has 2 aliphatic carbocycles. The SMILES string of the molecule is CC(C)C1CCCC2CCNC2C1.CC(C)C1CCCCC2CCNC21. The molecule has 4 rings (SSSR count). The molecule has 2 heterocycles. The zero-order chi connectivity index (χ0) is 18.5. The van der Waals surface area contributed by atoms with Crippen LogP contribution >= 0.6 is 0 Å². The quantitative estimate of drug-likeness (QED) is 0.666. The average Bonchev–Trinajstić information content (AvgIpc) is 3.14. The predicted octanol–water partition coefficient (Wildman–Crippen LogP) is 5.62. The Morgan fingerprint density at radius 1 is 0.654 bits per heavy atom. The summed E-state index contributed by atoms with van der Waals surface area (Å²) in [5.41, 5.74) is 0. The number of rotatable bonds is 2. The summed E-state index contributed by atoms with van der Waals surface area (Å²) in [7, 11) is 0. The first-order valence-corrected chi connectivity index (χ1v) is 12.0. The zero-order valence-corrected chi connectivity index (χ0v) is 18.1. The van der Waals surface area contributed by atoms with Crippen molar-refractivity contribution in [3.63, 3.8) is 0 Å². The Bertz CT molecular complexity index is 405. The second-order valence-electron chi connectivity index (χ2n) is 10.5. The zero-order valence-electron chi connectivity index (χ0n) is 18.1. The molecule has 2 nitrogen and oxygen atoms in total. The lowest BCUT2D eigenvalue weighted by atomic mass is 9.81. The van der Waals surface area contributed by atoms with Crippen LogP contribution in [0.2, 0.25) is 0 Å². The van der Waals surface area contributed by atoms with Gasteiger partial charge in [-0.25, -0.2) is 0 Å². The molecule has 0 aromatic heterocycles. The maximum atomic E-state index is 3.73. The maximum absolute atomic E-state index is 3.73. The Labute approximate surface area is 163 Å². The highest BCUT2D eigenvalue weighted by atomic mass is 15.0. The molecule has 6 unspecified atom stereocenters. The van der Waals surface area contributed by atoms with Gasteiger partial charge in [-0.2, -0.15) is 0 Å². The van der Waals surface area contributed by atoms with Gasteiger partial charge in [0, 0.05) is 12.1 Å². The molecule has 2 heteroatoms. The fourth-order valence-corrected chi connectivity index (χ4v) is 6.46. The van der Waals surface area contributed by atoms with Crippen molar-refractivity contribution in [3.8, 4) is 0 Å². The summed E-state index contributed by atoms with van der Waals surface area (Å²) in [4.78, 5) is 0. The van der Waals surface area contributed by atoms with E-state index in [4.69, 9.17) is 0 Å². The largest absolute Gasteiger partial charge is 0.314 e. The van der Waals surface area contributed by atoms with Crippen LogP contribution in [0.25, 0.3) is 0 Å². The molecule has 26 heavy (non-hydrogen) atoms. The summed E-state index contributed by atoms with van der Waals surface area (Å²) in [6.45, 7) is 12.1. The van der Waals surface area contributed by atoms with Gasteiger partial charge in [0.15, 0.2) is 0 Å². The van der Waals surface area contributed by atoms with Gasteiger partial charge in [-0.15, -0.1) is 0 Å². The van der Waals surface area contributed by atoms with Crippen LogP contribution in [0, 0.1) is 35.5 Å². The van der Waals surface area contributed by atoms with Crippen molar-refractivity contribution in [2.24, 2.45) is 35.5 Å². The monoisotopic (exact) mass is 362 g/mol. The van der Waals surface area contributed by atoms with Gasteiger partial charge in [-0.05, 0) is 87.1 Å². The van der Waals surface area contributed by atoms with Crippen LogP contribution in [-0.4, -0.2) is 25.2 Å². The van der Waals surface area contributed by atoms with E-state index < -0.39 is 0 Å². The van der Waals surface area contributed by atoms with Crippen LogP contribution in [0.1, 0.15) is 91.9 Å². The van der Waals surface area contributed by atoms with E-state index in [1.165, 1.54) is 77.3 Å². The second kappa shape index (κ2) is 9.92. The smallest absolute Gasteiger partial charge is 0.0126 e. The van der Waals surface area contributed by atoms with Crippen molar-refractivity contribution < 1.29 is 0 Å². The first-order chi connectivity index (χ1) is 12.6. The van der Waals surface area contributed by atoms with Crippen LogP contribution < -0.4 is 10.6 Å². The Morgan fingerprint density at radius 3 is 2.12 bits per heavy atom. The van der Waals surface area contributed by atoms with E-state index in [2.05, 4.69) is 38.3 Å². The number of hydrogen-bond acceptors (Lipinski definition) is 2. The third-order valence-electron chi connectivity index (χ3n) is 8.22. The predicted molar refractivity (Wildman–Crippen MR) is 113 cm³/mol. The molecule has 0 radical (unpaired) electrons. The lowest BCUT2D eigenvalue weighted by molar-refractivity contribution is 0.251. The van der Waals surface area contributed by atoms with Gasteiger partial charge in [-0.1, -0.05) is 53.4 Å². The fraction of sp³-hybridized carbons (Fsp3) is 1.00. The molecule has 6 atom stereocenters. The summed E-state index contributed by atoms with van der Waals surface area (Å²) in [5, 5.41) is 7.41. The molecular weight excluding hydrogens is 316 g/mol. The number of hydrogen-bond donors (Lipinski definition) is 2. The summed E-state index contributed by atoms with van der Waals surface area (Å²) >= 11 is 0. The van der Waals surface area contributed by atoms with Crippen molar-refractivity contribution in [1.29, 1.82) is 0 Å². The molecular formula is C24H46N2. The van der Waals surface area contributed by atoms with E-state index >= 15 is 0 Å². The Morgan fingerprint density at radius 2 is 1.35 bits per heavy atom. The van der Waals surface area contributed by atoms with E-state index in [0.717, 1.165) is 47.6 Å². The molecule has 0 aromatic rings.